The first-order valence-electron chi connectivity index (χ1n) is 12.7. The van der Waals surface area contributed by atoms with E-state index in [-0.39, 0.29) is 5.91 Å². The molecule has 3 nitrogen and oxygen atoms in total. The molecular weight excluding hydrogens is 416 g/mol. The summed E-state index contributed by atoms with van der Waals surface area (Å²) in [6.07, 6.45) is 6.11. The van der Waals surface area contributed by atoms with Gasteiger partial charge in [-0.25, -0.2) is 0 Å². The van der Waals surface area contributed by atoms with Crippen molar-refractivity contribution in [2.24, 2.45) is 5.92 Å². The number of benzene rings is 2. The van der Waals surface area contributed by atoms with Crippen LogP contribution in [0, 0.1) is 5.92 Å². The summed E-state index contributed by atoms with van der Waals surface area (Å²) in [5.41, 5.74) is 9.23. The Labute approximate surface area is 206 Å². The minimum atomic E-state index is 0.125. The average molecular weight is 457 g/mol. The number of amides is 1. The van der Waals surface area contributed by atoms with Crippen molar-refractivity contribution >= 4 is 11.5 Å². The molecule has 1 N–H and O–H groups in total. The van der Waals surface area contributed by atoms with E-state index in [1.54, 1.807) is 0 Å². The molecule has 1 heterocycles. The third-order valence-electron chi connectivity index (χ3n) is 7.15. The lowest BCUT2D eigenvalue weighted by molar-refractivity contribution is 0.0700. The van der Waals surface area contributed by atoms with E-state index in [1.165, 1.54) is 28.1 Å². The predicted octanol–water partition coefficient (Wildman–Crippen LogP) is 7.36. The molecule has 0 radical (unpaired) electrons. The largest absolute Gasteiger partial charge is 0.363 e. The Balaban J connectivity index is 1.67. The first-order valence-corrected chi connectivity index (χ1v) is 12.7. The van der Waals surface area contributed by atoms with Gasteiger partial charge in [-0.1, -0.05) is 68.5 Å². The highest BCUT2D eigenvalue weighted by Crippen LogP contribution is 2.29. The molecule has 0 bridgehead atoms. The lowest BCUT2D eigenvalue weighted by Crippen LogP contribution is -2.40. The average Bonchev–Trinajstić information content (AvgIpc) is 2.90. The van der Waals surface area contributed by atoms with Crippen molar-refractivity contribution in [1.29, 1.82) is 0 Å². The summed E-state index contributed by atoms with van der Waals surface area (Å²) >= 11 is 0. The zero-order valence-electron chi connectivity index (χ0n) is 21.6. The summed E-state index contributed by atoms with van der Waals surface area (Å²) in [5.74, 6) is 0.600. The van der Waals surface area contributed by atoms with Crippen molar-refractivity contribution in [2.45, 2.75) is 60.3 Å². The molecule has 0 atom stereocenters. The maximum atomic E-state index is 13.2. The van der Waals surface area contributed by atoms with Crippen LogP contribution < -0.4 is 5.32 Å². The summed E-state index contributed by atoms with van der Waals surface area (Å²) < 4.78 is 0. The molecule has 180 valence electrons. The van der Waals surface area contributed by atoms with Gasteiger partial charge < -0.3 is 10.2 Å². The standard InChI is InChI=1S/C31H40N2O/c1-7-22(4)30(32-23(5)8-2)27-18-20-33(21-19-27)31(34)28-16-14-26(15-17-28)24(6)29-13-11-10-12-25(29)9-3/h8,10-17,27,32H,6-7,9,18-21H2,1-5H3/b23-8-,30-22?. The maximum Gasteiger partial charge on any atom is 0.253 e. The van der Waals surface area contributed by atoms with Gasteiger partial charge in [-0.2, -0.15) is 0 Å². The molecule has 2 aromatic rings. The molecule has 1 saturated heterocycles. The molecule has 1 aliphatic rings. The van der Waals surface area contributed by atoms with Gasteiger partial charge in [-0.3, -0.25) is 4.79 Å². The number of aryl methyl sites for hydroxylation is 1. The van der Waals surface area contributed by atoms with E-state index in [0.29, 0.717) is 5.92 Å². The first-order chi connectivity index (χ1) is 16.4. The summed E-state index contributed by atoms with van der Waals surface area (Å²) in [5, 5.41) is 3.63. The summed E-state index contributed by atoms with van der Waals surface area (Å²) in [6, 6.07) is 16.4. The summed E-state index contributed by atoms with van der Waals surface area (Å²) in [4.78, 5) is 15.2. The fraction of sp³-hybridized carbons (Fsp3) is 0.387. The molecule has 1 fully saturated rings. The highest BCUT2D eigenvalue weighted by Gasteiger charge is 2.26. The zero-order chi connectivity index (χ0) is 24.7. The maximum absolute atomic E-state index is 13.2. The van der Waals surface area contributed by atoms with Crippen LogP contribution in [-0.2, 0) is 6.42 Å². The third-order valence-corrected chi connectivity index (χ3v) is 7.15. The van der Waals surface area contributed by atoms with Crippen LogP contribution in [0.1, 0.15) is 80.9 Å². The number of likely N-dealkylation sites (tertiary alicyclic amines) is 1. The van der Waals surface area contributed by atoms with Crippen molar-refractivity contribution in [2.75, 3.05) is 13.1 Å². The smallest absolute Gasteiger partial charge is 0.253 e. The number of nitrogens with one attached hydrogen (secondary N) is 1. The second-order valence-corrected chi connectivity index (χ2v) is 9.28. The van der Waals surface area contributed by atoms with E-state index in [4.69, 9.17) is 0 Å². The van der Waals surface area contributed by atoms with E-state index in [0.717, 1.165) is 55.5 Å². The Morgan fingerprint density at radius 3 is 2.24 bits per heavy atom. The topological polar surface area (TPSA) is 32.3 Å². The van der Waals surface area contributed by atoms with Crippen LogP contribution in [0.3, 0.4) is 0 Å². The van der Waals surface area contributed by atoms with E-state index in [2.05, 4.69) is 76.9 Å². The predicted molar refractivity (Wildman–Crippen MR) is 145 cm³/mol. The van der Waals surface area contributed by atoms with E-state index in [1.807, 2.05) is 29.2 Å². The Morgan fingerprint density at radius 1 is 1.03 bits per heavy atom. The normalized spacial score (nSPS) is 15.7. The number of carbonyl (C=O) groups excluding carboxylic acids is 1. The van der Waals surface area contributed by atoms with Crippen LogP contribution in [0.25, 0.3) is 5.57 Å². The quantitative estimate of drug-likeness (QED) is 0.450. The molecule has 0 aliphatic carbocycles. The van der Waals surface area contributed by atoms with E-state index >= 15 is 0 Å². The molecule has 0 aromatic heterocycles. The van der Waals surface area contributed by atoms with Gasteiger partial charge >= 0.3 is 0 Å². The van der Waals surface area contributed by atoms with Gasteiger partial charge in [-0.15, -0.1) is 0 Å². The number of hydrogen-bond donors (Lipinski definition) is 1. The van der Waals surface area contributed by atoms with Crippen molar-refractivity contribution in [1.82, 2.24) is 10.2 Å². The van der Waals surface area contributed by atoms with Crippen LogP contribution in [0.4, 0.5) is 0 Å². The molecular formula is C31H40N2O. The van der Waals surface area contributed by atoms with Crippen molar-refractivity contribution in [3.8, 4) is 0 Å². The number of rotatable bonds is 8. The molecule has 34 heavy (non-hydrogen) atoms. The summed E-state index contributed by atoms with van der Waals surface area (Å²) in [6.45, 7) is 16.7. The zero-order valence-corrected chi connectivity index (χ0v) is 21.6. The molecule has 0 spiro atoms. The highest BCUT2D eigenvalue weighted by atomic mass is 16.2. The van der Waals surface area contributed by atoms with Crippen LogP contribution >= 0.6 is 0 Å². The first kappa shape index (κ1) is 25.6. The monoisotopic (exact) mass is 456 g/mol. The van der Waals surface area contributed by atoms with Gasteiger partial charge in [0.2, 0.25) is 0 Å². The molecule has 2 aromatic carbocycles. The highest BCUT2D eigenvalue weighted by molar-refractivity contribution is 5.95. The van der Waals surface area contributed by atoms with Gasteiger partial charge in [0, 0.05) is 36.0 Å². The van der Waals surface area contributed by atoms with E-state index < -0.39 is 0 Å². The molecule has 1 amide bonds. The minimum Gasteiger partial charge on any atom is -0.363 e. The second-order valence-electron chi connectivity index (χ2n) is 9.28. The number of hydrogen-bond acceptors (Lipinski definition) is 2. The van der Waals surface area contributed by atoms with E-state index in [9.17, 15) is 4.79 Å². The SMILES string of the molecule is C=C(c1ccc(C(=O)N2CCC(C(N/C(C)=C\C)=C(C)CC)CC2)cc1)c1ccccc1CC. The summed E-state index contributed by atoms with van der Waals surface area (Å²) in [7, 11) is 0. The fourth-order valence-corrected chi connectivity index (χ4v) is 4.68. The Hall–Kier alpha value is -3.07. The Kier molecular flexibility index (Phi) is 8.92. The number of carbonyl (C=O) groups is 1. The van der Waals surface area contributed by atoms with Crippen LogP contribution in [-0.4, -0.2) is 23.9 Å². The third kappa shape index (κ3) is 5.88. The van der Waals surface area contributed by atoms with Crippen LogP contribution in [0.15, 0.2) is 78.2 Å². The molecule has 1 aliphatic heterocycles. The van der Waals surface area contributed by atoms with Gasteiger partial charge in [0.25, 0.3) is 5.91 Å². The molecule has 3 heteroatoms. The van der Waals surface area contributed by atoms with Crippen LogP contribution in [0.5, 0.6) is 0 Å². The number of piperidine rings is 1. The molecule has 3 rings (SSSR count). The second kappa shape index (κ2) is 11.9. The molecule has 0 saturated carbocycles. The van der Waals surface area contributed by atoms with Gasteiger partial charge in [-0.05, 0) is 80.9 Å². The molecule has 0 unspecified atom stereocenters. The lowest BCUT2D eigenvalue weighted by Gasteiger charge is -2.34. The van der Waals surface area contributed by atoms with Crippen molar-refractivity contribution in [3.63, 3.8) is 0 Å². The number of allylic oxidation sites excluding steroid dienone is 4. The van der Waals surface area contributed by atoms with Gasteiger partial charge in [0.1, 0.15) is 0 Å². The van der Waals surface area contributed by atoms with Crippen LogP contribution in [0.2, 0.25) is 0 Å². The minimum absolute atomic E-state index is 0.125. The fourth-order valence-electron chi connectivity index (χ4n) is 4.68. The lowest BCUT2D eigenvalue weighted by atomic mass is 9.89. The Bertz CT molecular complexity index is 1070. The van der Waals surface area contributed by atoms with Crippen molar-refractivity contribution in [3.05, 3.63) is 100 Å². The van der Waals surface area contributed by atoms with Crippen molar-refractivity contribution < 1.29 is 4.79 Å². The number of nitrogens with zero attached hydrogens (tertiary/aromatic N) is 1. The van der Waals surface area contributed by atoms with Gasteiger partial charge in [0.05, 0.1) is 0 Å². The van der Waals surface area contributed by atoms with Gasteiger partial charge in [0.15, 0.2) is 0 Å². The Morgan fingerprint density at radius 2 is 1.65 bits per heavy atom.